The fraction of sp³-hybridized carbons (Fsp3) is 0.579. The van der Waals surface area contributed by atoms with Crippen molar-refractivity contribution in [2.75, 3.05) is 5.75 Å². The molecule has 0 radical (unpaired) electrons. The normalized spacial score (nSPS) is 26.1. The first-order valence-electron chi connectivity index (χ1n) is 8.70. The van der Waals surface area contributed by atoms with Crippen molar-refractivity contribution in [2.24, 2.45) is 10.9 Å². The van der Waals surface area contributed by atoms with Crippen LogP contribution in [0.2, 0.25) is 5.02 Å². The zero-order valence-corrected chi connectivity index (χ0v) is 16.2. The fourth-order valence-corrected chi connectivity index (χ4v) is 4.94. The van der Waals surface area contributed by atoms with Gasteiger partial charge in [-0.15, -0.1) is 0 Å². The van der Waals surface area contributed by atoms with Gasteiger partial charge < -0.3 is 0 Å². The molecule has 3 rings (SSSR count). The van der Waals surface area contributed by atoms with Crippen molar-refractivity contribution in [3.05, 3.63) is 34.9 Å². The summed E-state index contributed by atoms with van der Waals surface area (Å²) in [5, 5.41) is 1.38. The second-order valence-electron chi connectivity index (χ2n) is 7.48. The van der Waals surface area contributed by atoms with E-state index in [1.807, 2.05) is 23.1 Å². The summed E-state index contributed by atoms with van der Waals surface area (Å²) >= 11 is 8.00. The van der Waals surface area contributed by atoms with Gasteiger partial charge >= 0.3 is 0 Å². The van der Waals surface area contributed by atoms with E-state index < -0.39 is 0 Å². The predicted octanol–water partition coefficient (Wildman–Crippen LogP) is 5.24. The standard InChI is InChI=1S/C19H25ClN2OS/c1-13-8-4-7-11-16(13)22(18-21-19(2,3)12-24-18)17(23)14-9-5-6-10-15(14)20/h5-6,9-10,13,16H,4,7-8,11-12H2,1-3H3/t13-,16-/m0/s1. The van der Waals surface area contributed by atoms with Crippen LogP contribution in [0.3, 0.4) is 0 Å². The lowest BCUT2D eigenvalue weighted by molar-refractivity contribution is 0.0733. The molecule has 1 amide bonds. The summed E-state index contributed by atoms with van der Waals surface area (Å²) in [5.74, 6) is 1.39. The summed E-state index contributed by atoms with van der Waals surface area (Å²) in [5.41, 5.74) is 0.460. The summed E-state index contributed by atoms with van der Waals surface area (Å²) in [6.45, 7) is 6.49. The Morgan fingerprint density at radius 3 is 2.62 bits per heavy atom. The van der Waals surface area contributed by atoms with Crippen LogP contribution in [0.4, 0.5) is 0 Å². The van der Waals surface area contributed by atoms with Gasteiger partial charge in [0.05, 0.1) is 16.1 Å². The molecule has 0 spiro atoms. The zero-order chi connectivity index (χ0) is 17.3. The maximum absolute atomic E-state index is 13.4. The Bertz CT molecular complexity index is 659. The lowest BCUT2D eigenvalue weighted by Gasteiger charge is -2.38. The van der Waals surface area contributed by atoms with Gasteiger partial charge in [0, 0.05) is 11.8 Å². The molecule has 1 saturated carbocycles. The lowest BCUT2D eigenvalue weighted by atomic mass is 9.85. The highest BCUT2D eigenvalue weighted by atomic mass is 35.5. The number of carbonyl (C=O) groups is 1. The number of aliphatic imine (C=N–C) groups is 1. The molecule has 1 aromatic carbocycles. The van der Waals surface area contributed by atoms with Gasteiger partial charge in [-0.05, 0) is 44.7 Å². The van der Waals surface area contributed by atoms with Crippen LogP contribution in [0, 0.1) is 5.92 Å². The number of hydrogen-bond acceptors (Lipinski definition) is 3. The van der Waals surface area contributed by atoms with Crippen LogP contribution >= 0.6 is 23.4 Å². The number of halogens is 1. The Labute approximate surface area is 153 Å². The molecule has 1 aliphatic heterocycles. The molecule has 0 unspecified atom stereocenters. The lowest BCUT2D eigenvalue weighted by Crippen LogP contribution is -2.47. The molecule has 2 atom stereocenters. The van der Waals surface area contributed by atoms with Crippen molar-refractivity contribution in [1.82, 2.24) is 4.90 Å². The Balaban J connectivity index is 1.99. The van der Waals surface area contributed by atoms with Crippen LogP contribution in [-0.2, 0) is 0 Å². The average molecular weight is 365 g/mol. The Morgan fingerprint density at radius 2 is 2.00 bits per heavy atom. The molecule has 0 aromatic heterocycles. The summed E-state index contributed by atoms with van der Waals surface area (Å²) in [4.78, 5) is 20.2. The highest BCUT2D eigenvalue weighted by molar-refractivity contribution is 8.14. The smallest absolute Gasteiger partial charge is 0.261 e. The van der Waals surface area contributed by atoms with Gasteiger partial charge in [-0.3, -0.25) is 14.7 Å². The van der Waals surface area contributed by atoms with E-state index in [0.29, 0.717) is 16.5 Å². The Hall–Kier alpha value is -1.000. The third-order valence-electron chi connectivity index (χ3n) is 4.88. The second kappa shape index (κ2) is 7.09. The van der Waals surface area contributed by atoms with Gasteiger partial charge in [0.2, 0.25) is 0 Å². The van der Waals surface area contributed by atoms with E-state index in [0.717, 1.165) is 23.8 Å². The largest absolute Gasteiger partial charge is 0.284 e. The number of amides is 1. The number of hydrogen-bond donors (Lipinski definition) is 0. The van der Waals surface area contributed by atoms with E-state index in [4.69, 9.17) is 16.6 Å². The average Bonchev–Trinajstić information content (AvgIpc) is 2.89. The molecule has 2 aliphatic rings. The molecular formula is C19H25ClN2OS. The van der Waals surface area contributed by atoms with Crippen LogP contribution < -0.4 is 0 Å². The van der Waals surface area contributed by atoms with Crippen molar-refractivity contribution in [3.8, 4) is 0 Å². The van der Waals surface area contributed by atoms with Gasteiger partial charge in [-0.1, -0.05) is 55.3 Å². The molecule has 0 saturated heterocycles. The third-order valence-corrected chi connectivity index (χ3v) is 6.61. The SMILES string of the molecule is C[C@H]1CCCC[C@@H]1N(C(=O)c1ccccc1Cl)C1=NC(C)(C)CS1. The number of benzene rings is 1. The zero-order valence-electron chi connectivity index (χ0n) is 14.6. The van der Waals surface area contributed by atoms with E-state index in [-0.39, 0.29) is 17.5 Å². The maximum atomic E-state index is 13.4. The van der Waals surface area contributed by atoms with E-state index in [2.05, 4.69) is 20.8 Å². The van der Waals surface area contributed by atoms with E-state index >= 15 is 0 Å². The number of carbonyl (C=O) groups excluding carboxylic acids is 1. The molecule has 1 fully saturated rings. The van der Waals surface area contributed by atoms with Crippen molar-refractivity contribution in [1.29, 1.82) is 0 Å². The minimum absolute atomic E-state index is 0.0108. The molecule has 5 heteroatoms. The highest BCUT2D eigenvalue weighted by Crippen LogP contribution is 2.36. The van der Waals surface area contributed by atoms with Crippen molar-refractivity contribution < 1.29 is 4.79 Å². The molecule has 1 aromatic rings. The molecule has 0 bridgehead atoms. The number of amidine groups is 1. The summed E-state index contributed by atoms with van der Waals surface area (Å²) < 4.78 is 0. The van der Waals surface area contributed by atoms with E-state index in [9.17, 15) is 4.79 Å². The van der Waals surface area contributed by atoms with Gasteiger partial charge in [-0.2, -0.15) is 0 Å². The minimum Gasteiger partial charge on any atom is -0.284 e. The molecule has 130 valence electrons. The number of nitrogens with zero attached hydrogens (tertiary/aromatic N) is 2. The van der Waals surface area contributed by atoms with Gasteiger partial charge in [0.15, 0.2) is 5.17 Å². The van der Waals surface area contributed by atoms with Crippen molar-refractivity contribution in [3.63, 3.8) is 0 Å². The fourth-order valence-electron chi connectivity index (χ4n) is 3.51. The molecule has 3 nitrogen and oxygen atoms in total. The van der Waals surface area contributed by atoms with Gasteiger partial charge in [0.25, 0.3) is 5.91 Å². The molecule has 0 N–H and O–H groups in total. The highest BCUT2D eigenvalue weighted by Gasteiger charge is 2.38. The van der Waals surface area contributed by atoms with E-state index in [1.165, 1.54) is 12.8 Å². The molecule has 1 aliphatic carbocycles. The number of thioether (sulfide) groups is 1. The molecular weight excluding hydrogens is 340 g/mol. The molecule has 24 heavy (non-hydrogen) atoms. The number of rotatable bonds is 2. The predicted molar refractivity (Wildman–Crippen MR) is 103 cm³/mol. The Kier molecular flexibility index (Phi) is 5.26. The van der Waals surface area contributed by atoms with Crippen LogP contribution in [0.25, 0.3) is 0 Å². The third kappa shape index (κ3) is 3.65. The summed E-state index contributed by atoms with van der Waals surface area (Å²) in [7, 11) is 0. The maximum Gasteiger partial charge on any atom is 0.261 e. The quantitative estimate of drug-likeness (QED) is 0.718. The summed E-state index contributed by atoms with van der Waals surface area (Å²) in [6, 6.07) is 7.54. The molecule has 1 heterocycles. The van der Waals surface area contributed by atoms with Crippen molar-refractivity contribution in [2.45, 2.75) is 58.0 Å². The monoisotopic (exact) mass is 364 g/mol. The Morgan fingerprint density at radius 1 is 1.29 bits per heavy atom. The minimum atomic E-state index is -0.114. The van der Waals surface area contributed by atoms with Crippen LogP contribution in [0.5, 0.6) is 0 Å². The van der Waals surface area contributed by atoms with Crippen molar-refractivity contribution >= 4 is 34.4 Å². The van der Waals surface area contributed by atoms with Gasteiger partial charge in [-0.25, -0.2) is 0 Å². The second-order valence-corrected chi connectivity index (χ2v) is 8.83. The summed E-state index contributed by atoms with van der Waals surface area (Å²) in [6.07, 6.45) is 4.62. The van der Waals surface area contributed by atoms with Crippen LogP contribution in [0.15, 0.2) is 29.3 Å². The first-order valence-corrected chi connectivity index (χ1v) is 10.1. The van der Waals surface area contributed by atoms with Crippen LogP contribution in [-0.4, -0.2) is 33.3 Å². The van der Waals surface area contributed by atoms with Gasteiger partial charge in [0.1, 0.15) is 0 Å². The first-order chi connectivity index (χ1) is 11.4. The van der Waals surface area contributed by atoms with Crippen LogP contribution in [0.1, 0.15) is 56.8 Å². The first kappa shape index (κ1) is 17.8. The topological polar surface area (TPSA) is 32.7 Å². The van der Waals surface area contributed by atoms with E-state index in [1.54, 1.807) is 17.8 Å².